The second-order valence-electron chi connectivity index (χ2n) is 6.39. The van der Waals surface area contributed by atoms with Crippen molar-refractivity contribution >= 4 is 5.97 Å². The maximum atomic E-state index is 10.9. The number of carboxylic acids is 1. The van der Waals surface area contributed by atoms with Crippen LogP contribution in [-0.4, -0.2) is 28.1 Å². The van der Waals surface area contributed by atoms with Crippen molar-refractivity contribution in [2.45, 2.75) is 64.1 Å². The summed E-state index contributed by atoms with van der Waals surface area (Å²) in [5.74, 6) is 1.69. The molecule has 2 saturated heterocycles. The minimum Gasteiger partial charge on any atom is -0.481 e. The van der Waals surface area contributed by atoms with E-state index in [1.807, 2.05) is 13.0 Å². The highest BCUT2D eigenvalue weighted by Crippen LogP contribution is 2.44. The number of hydrogen-bond acceptors (Lipinski definition) is 3. The van der Waals surface area contributed by atoms with Gasteiger partial charge in [-0.05, 0) is 57.6 Å². The molecule has 110 valence electrons. The standard InChI is InChI=1S/C16H23NO3/c1-10-3-6-15(20-10)11(2)17-13-4-5-14(17)8-12(7-13)9-16(18)19/h3,6,11-14H,4-5,7-9H2,1-2H3,(H,18,19). The van der Waals surface area contributed by atoms with E-state index in [0.29, 0.717) is 30.5 Å². The van der Waals surface area contributed by atoms with Gasteiger partial charge in [-0.25, -0.2) is 0 Å². The van der Waals surface area contributed by atoms with Crippen LogP contribution in [0.5, 0.6) is 0 Å². The molecule has 0 radical (unpaired) electrons. The molecular weight excluding hydrogens is 254 g/mol. The molecule has 3 unspecified atom stereocenters. The number of piperidine rings is 1. The molecule has 4 nitrogen and oxygen atoms in total. The lowest BCUT2D eigenvalue weighted by molar-refractivity contribution is -0.138. The third kappa shape index (κ3) is 2.49. The van der Waals surface area contributed by atoms with Crippen LogP contribution in [0.4, 0.5) is 0 Å². The van der Waals surface area contributed by atoms with E-state index in [1.54, 1.807) is 0 Å². The number of fused-ring (bicyclic) bond motifs is 2. The lowest BCUT2D eigenvalue weighted by Crippen LogP contribution is -2.44. The molecule has 20 heavy (non-hydrogen) atoms. The highest BCUT2D eigenvalue weighted by atomic mass is 16.4. The average molecular weight is 277 g/mol. The van der Waals surface area contributed by atoms with Crippen LogP contribution >= 0.6 is 0 Å². The van der Waals surface area contributed by atoms with Gasteiger partial charge in [-0.15, -0.1) is 0 Å². The van der Waals surface area contributed by atoms with E-state index in [0.717, 1.165) is 24.4 Å². The van der Waals surface area contributed by atoms with Crippen molar-refractivity contribution in [3.05, 3.63) is 23.7 Å². The molecule has 3 atom stereocenters. The zero-order valence-electron chi connectivity index (χ0n) is 12.2. The molecule has 2 bridgehead atoms. The van der Waals surface area contributed by atoms with Crippen LogP contribution in [0.2, 0.25) is 0 Å². The van der Waals surface area contributed by atoms with Gasteiger partial charge in [-0.1, -0.05) is 0 Å². The SMILES string of the molecule is Cc1ccc(C(C)N2C3CCC2CC(CC(=O)O)C3)o1. The Morgan fingerprint density at radius 3 is 2.55 bits per heavy atom. The Labute approximate surface area is 119 Å². The second kappa shape index (κ2) is 5.24. The first kappa shape index (κ1) is 13.7. The highest BCUT2D eigenvalue weighted by Gasteiger charge is 2.43. The summed E-state index contributed by atoms with van der Waals surface area (Å²) in [6.07, 6.45) is 4.77. The molecular formula is C16H23NO3. The Hall–Kier alpha value is -1.29. The molecule has 3 heterocycles. The molecule has 2 fully saturated rings. The van der Waals surface area contributed by atoms with Crippen molar-refractivity contribution in [2.24, 2.45) is 5.92 Å². The van der Waals surface area contributed by atoms with E-state index in [9.17, 15) is 4.79 Å². The van der Waals surface area contributed by atoms with Gasteiger partial charge < -0.3 is 9.52 Å². The van der Waals surface area contributed by atoms with Gasteiger partial charge in [-0.3, -0.25) is 9.69 Å². The first-order chi connectivity index (χ1) is 9.54. The van der Waals surface area contributed by atoms with Crippen LogP contribution in [0.25, 0.3) is 0 Å². The van der Waals surface area contributed by atoms with Crippen LogP contribution in [-0.2, 0) is 4.79 Å². The van der Waals surface area contributed by atoms with Gasteiger partial charge in [0.1, 0.15) is 11.5 Å². The van der Waals surface area contributed by atoms with E-state index < -0.39 is 5.97 Å². The molecule has 0 aromatic carbocycles. The number of aliphatic carboxylic acids is 1. The van der Waals surface area contributed by atoms with Gasteiger partial charge in [0.25, 0.3) is 0 Å². The van der Waals surface area contributed by atoms with Crippen LogP contribution < -0.4 is 0 Å². The Bertz CT molecular complexity index is 482. The average Bonchev–Trinajstić information content (AvgIpc) is 2.91. The van der Waals surface area contributed by atoms with Crippen molar-refractivity contribution < 1.29 is 14.3 Å². The molecule has 0 amide bonds. The molecule has 1 aromatic rings. The molecule has 1 aromatic heterocycles. The molecule has 2 aliphatic rings. The van der Waals surface area contributed by atoms with Gasteiger partial charge in [0, 0.05) is 18.5 Å². The number of furan rings is 1. The van der Waals surface area contributed by atoms with Crippen LogP contribution in [0.3, 0.4) is 0 Å². The first-order valence-corrected chi connectivity index (χ1v) is 7.60. The monoisotopic (exact) mass is 277 g/mol. The van der Waals surface area contributed by atoms with Gasteiger partial charge in [0.05, 0.1) is 6.04 Å². The topological polar surface area (TPSA) is 53.7 Å². The van der Waals surface area contributed by atoms with Gasteiger partial charge in [0.2, 0.25) is 0 Å². The lowest BCUT2D eigenvalue weighted by atomic mass is 9.87. The summed E-state index contributed by atoms with van der Waals surface area (Å²) >= 11 is 0. The Balaban J connectivity index is 1.72. The number of carbonyl (C=O) groups is 1. The van der Waals surface area contributed by atoms with Crippen molar-refractivity contribution in [2.75, 3.05) is 0 Å². The summed E-state index contributed by atoms with van der Waals surface area (Å²) in [5.41, 5.74) is 0. The normalized spacial score (nSPS) is 31.4. The minimum atomic E-state index is -0.655. The zero-order valence-corrected chi connectivity index (χ0v) is 12.2. The van der Waals surface area contributed by atoms with E-state index in [1.165, 1.54) is 12.8 Å². The van der Waals surface area contributed by atoms with Crippen molar-refractivity contribution in [3.63, 3.8) is 0 Å². The fraction of sp³-hybridized carbons (Fsp3) is 0.688. The minimum absolute atomic E-state index is 0.298. The summed E-state index contributed by atoms with van der Waals surface area (Å²) in [6.45, 7) is 4.19. The maximum Gasteiger partial charge on any atom is 0.303 e. The van der Waals surface area contributed by atoms with Crippen LogP contribution in [0.1, 0.15) is 56.6 Å². The number of carboxylic acid groups (broad SMARTS) is 1. The third-order valence-corrected chi connectivity index (χ3v) is 4.97. The summed E-state index contributed by atoms with van der Waals surface area (Å²) in [5, 5.41) is 8.99. The predicted octanol–water partition coefficient (Wildman–Crippen LogP) is 3.37. The number of aryl methyl sites for hydroxylation is 1. The van der Waals surface area contributed by atoms with Crippen LogP contribution in [0, 0.1) is 12.8 Å². The predicted molar refractivity (Wildman–Crippen MR) is 75.5 cm³/mol. The number of hydrogen-bond donors (Lipinski definition) is 1. The van der Waals surface area contributed by atoms with E-state index in [2.05, 4.69) is 17.9 Å². The highest BCUT2D eigenvalue weighted by molar-refractivity contribution is 5.67. The largest absolute Gasteiger partial charge is 0.481 e. The molecule has 4 heteroatoms. The lowest BCUT2D eigenvalue weighted by Gasteiger charge is -2.41. The van der Waals surface area contributed by atoms with E-state index >= 15 is 0 Å². The fourth-order valence-corrected chi connectivity index (χ4v) is 4.20. The zero-order chi connectivity index (χ0) is 14.3. The smallest absolute Gasteiger partial charge is 0.303 e. The quantitative estimate of drug-likeness (QED) is 0.916. The Morgan fingerprint density at radius 1 is 1.40 bits per heavy atom. The van der Waals surface area contributed by atoms with Crippen molar-refractivity contribution in [1.82, 2.24) is 4.90 Å². The molecule has 1 N–H and O–H groups in total. The van der Waals surface area contributed by atoms with Crippen molar-refractivity contribution in [1.29, 1.82) is 0 Å². The molecule has 0 spiro atoms. The van der Waals surface area contributed by atoms with Gasteiger partial charge in [-0.2, -0.15) is 0 Å². The summed E-state index contributed by atoms with van der Waals surface area (Å²) < 4.78 is 5.78. The number of nitrogens with zero attached hydrogens (tertiary/aromatic N) is 1. The van der Waals surface area contributed by atoms with E-state index in [4.69, 9.17) is 9.52 Å². The van der Waals surface area contributed by atoms with Crippen molar-refractivity contribution in [3.8, 4) is 0 Å². The summed E-state index contributed by atoms with van der Waals surface area (Å²) in [4.78, 5) is 13.5. The Morgan fingerprint density at radius 2 is 2.05 bits per heavy atom. The summed E-state index contributed by atoms with van der Waals surface area (Å²) in [7, 11) is 0. The molecule has 0 saturated carbocycles. The number of rotatable bonds is 4. The van der Waals surface area contributed by atoms with Crippen LogP contribution in [0.15, 0.2) is 16.5 Å². The fourth-order valence-electron chi connectivity index (χ4n) is 4.20. The molecule has 2 aliphatic heterocycles. The summed E-state index contributed by atoms with van der Waals surface area (Å²) in [6, 6.07) is 5.44. The van der Waals surface area contributed by atoms with Gasteiger partial charge >= 0.3 is 5.97 Å². The maximum absolute atomic E-state index is 10.9. The molecule has 3 rings (SSSR count). The molecule has 0 aliphatic carbocycles. The van der Waals surface area contributed by atoms with E-state index in [-0.39, 0.29) is 0 Å². The van der Waals surface area contributed by atoms with Gasteiger partial charge in [0.15, 0.2) is 0 Å². The second-order valence-corrected chi connectivity index (χ2v) is 6.39. The Kier molecular flexibility index (Phi) is 3.59. The first-order valence-electron chi connectivity index (χ1n) is 7.60. The third-order valence-electron chi connectivity index (χ3n) is 4.97.